The number of benzene rings is 2. The summed E-state index contributed by atoms with van der Waals surface area (Å²) in [4.78, 5) is 17.8. The molecule has 0 spiro atoms. The van der Waals surface area contributed by atoms with Crippen molar-refractivity contribution in [1.29, 1.82) is 0 Å². The van der Waals surface area contributed by atoms with Crippen LogP contribution in [0.5, 0.6) is 0 Å². The molecule has 1 aromatic heterocycles. The second-order valence-corrected chi connectivity index (χ2v) is 5.84. The number of aromatic amines is 1. The van der Waals surface area contributed by atoms with Crippen LogP contribution >= 0.6 is 11.6 Å². The van der Waals surface area contributed by atoms with Gasteiger partial charge < -0.3 is 15.4 Å². The third kappa shape index (κ3) is 4.16. The van der Waals surface area contributed by atoms with Gasteiger partial charge in [-0.05, 0) is 28.8 Å². The molecule has 7 heteroatoms. The van der Waals surface area contributed by atoms with Gasteiger partial charge in [-0.1, -0.05) is 41.9 Å². The highest BCUT2D eigenvalue weighted by atomic mass is 35.5. The minimum Gasteiger partial charge on any atom is -0.465 e. The summed E-state index contributed by atoms with van der Waals surface area (Å²) in [5.41, 5.74) is 3.55. The number of rotatable bonds is 5. The Morgan fingerprint density at radius 3 is 2.52 bits per heavy atom. The van der Waals surface area contributed by atoms with Crippen molar-refractivity contribution in [2.24, 2.45) is 0 Å². The van der Waals surface area contributed by atoms with Gasteiger partial charge >= 0.3 is 6.09 Å². The molecule has 1 amide bonds. The molecule has 1 heterocycles. The summed E-state index contributed by atoms with van der Waals surface area (Å²) >= 11 is 5.82. The van der Waals surface area contributed by atoms with Crippen molar-refractivity contribution in [3.05, 3.63) is 65.3 Å². The molecule has 0 aliphatic heterocycles. The average Bonchev–Trinajstić information content (AvgIpc) is 3.06. The fourth-order valence-corrected chi connectivity index (χ4v) is 2.62. The van der Waals surface area contributed by atoms with Gasteiger partial charge in [-0.25, -0.2) is 14.2 Å². The minimum absolute atomic E-state index is 0.0924. The van der Waals surface area contributed by atoms with E-state index in [0.29, 0.717) is 18.8 Å². The Bertz CT molecular complexity index is 894. The van der Waals surface area contributed by atoms with Gasteiger partial charge in [0.25, 0.3) is 0 Å². The van der Waals surface area contributed by atoms with Crippen LogP contribution in [0, 0.1) is 5.82 Å². The van der Waals surface area contributed by atoms with Gasteiger partial charge in [0.2, 0.25) is 0 Å². The molecular formula is C18H15ClFN3O2. The molecule has 25 heavy (non-hydrogen) atoms. The molecule has 0 atom stereocenters. The van der Waals surface area contributed by atoms with E-state index in [-0.39, 0.29) is 5.02 Å². The van der Waals surface area contributed by atoms with Gasteiger partial charge in [0.1, 0.15) is 11.6 Å². The zero-order valence-electron chi connectivity index (χ0n) is 13.1. The lowest BCUT2D eigenvalue weighted by molar-refractivity contribution is 0.194. The Balaban J connectivity index is 1.73. The predicted molar refractivity (Wildman–Crippen MR) is 94.2 cm³/mol. The highest BCUT2D eigenvalue weighted by Crippen LogP contribution is 2.27. The third-order valence-electron chi connectivity index (χ3n) is 3.72. The maximum absolute atomic E-state index is 13.3. The van der Waals surface area contributed by atoms with Crippen molar-refractivity contribution in [3.8, 4) is 22.4 Å². The Kier molecular flexibility index (Phi) is 5.00. The van der Waals surface area contributed by atoms with Gasteiger partial charge in [0, 0.05) is 13.0 Å². The molecule has 128 valence electrons. The summed E-state index contributed by atoms with van der Waals surface area (Å²) < 4.78 is 13.3. The van der Waals surface area contributed by atoms with Crippen LogP contribution in [-0.4, -0.2) is 27.7 Å². The number of imidazole rings is 1. The van der Waals surface area contributed by atoms with Crippen LogP contribution in [-0.2, 0) is 6.42 Å². The van der Waals surface area contributed by atoms with E-state index in [9.17, 15) is 9.18 Å². The molecule has 2 aromatic carbocycles. The monoisotopic (exact) mass is 359 g/mol. The lowest BCUT2D eigenvalue weighted by atomic mass is 10.0. The molecule has 0 aliphatic carbocycles. The molecule has 5 nitrogen and oxygen atoms in total. The molecule has 0 unspecified atom stereocenters. The van der Waals surface area contributed by atoms with Crippen LogP contribution in [0.1, 0.15) is 5.82 Å². The summed E-state index contributed by atoms with van der Waals surface area (Å²) in [6.07, 6.45) is 1.14. The van der Waals surface area contributed by atoms with Crippen molar-refractivity contribution >= 4 is 17.7 Å². The third-order valence-corrected chi connectivity index (χ3v) is 4.00. The van der Waals surface area contributed by atoms with E-state index < -0.39 is 11.9 Å². The first kappa shape index (κ1) is 17.0. The normalized spacial score (nSPS) is 10.6. The zero-order valence-corrected chi connectivity index (χ0v) is 13.8. The summed E-state index contributed by atoms with van der Waals surface area (Å²) in [5, 5.41) is 10.9. The molecule has 0 radical (unpaired) electrons. The van der Waals surface area contributed by atoms with Crippen molar-refractivity contribution in [2.75, 3.05) is 6.54 Å². The maximum atomic E-state index is 13.3. The summed E-state index contributed by atoms with van der Waals surface area (Å²) in [7, 11) is 0. The summed E-state index contributed by atoms with van der Waals surface area (Å²) in [5.74, 6) is 0.266. The standard InChI is InChI=1S/C18H15ClFN3O2/c19-14-9-13(5-6-15(14)20)11-1-3-12(4-2-11)16-10-22-17(23-16)7-8-21-18(24)25/h1-6,9-10,21H,7-8H2,(H,22,23)(H,24,25). The lowest BCUT2D eigenvalue weighted by Crippen LogP contribution is -2.23. The Hall–Kier alpha value is -2.86. The molecule has 3 rings (SSSR count). The van der Waals surface area contributed by atoms with Crippen LogP contribution in [0.2, 0.25) is 5.02 Å². The molecule has 3 N–H and O–H groups in total. The predicted octanol–water partition coefficient (Wildman–Crippen LogP) is 4.35. The van der Waals surface area contributed by atoms with Gasteiger partial charge in [-0.2, -0.15) is 0 Å². The van der Waals surface area contributed by atoms with Crippen LogP contribution in [0.25, 0.3) is 22.4 Å². The average molecular weight is 360 g/mol. The van der Waals surface area contributed by atoms with E-state index >= 15 is 0 Å². The van der Waals surface area contributed by atoms with Gasteiger partial charge in [0.05, 0.1) is 16.9 Å². The number of amides is 1. The van der Waals surface area contributed by atoms with Crippen LogP contribution in [0.4, 0.5) is 9.18 Å². The fraction of sp³-hybridized carbons (Fsp3) is 0.111. The maximum Gasteiger partial charge on any atom is 0.404 e. The van der Waals surface area contributed by atoms with Crippen LogP contribution in [0.15, 0.2) is 48.7 Å². The topological polar surface area (TPSA) is 78.0 Å². The smallest absolute Gasteiger partial charge is 0.404 e. The second kappa shape index (κ2) is 7.36. The molecule has 0 bridgehead atoms. The van der Waals surface area contributed by atoms with Crippen molar-refractivity contribution in [1.82, 2.24) is 15.3 Å². The Labute approximate surface area is 148 Å². The largest absolute Gasteiger partial charge is 0.465 e. The Morgan fingerprint density at radius 1 is 1.16 bits per heavy atom. The first-order valence-electron chi connectivity index (χ1n) is 7.59. The number of H-pyrrole nitrogens is 1. The summed E-state index contributed by atoms with van der Waals surface area (Å²) in [6, 6.07) is 12.3. The number of aromatic nitrogens is 2. The SMILES string of the molecule is O=C(O)NCCc1ncc(-c2ccc(-c3ccc(F)c(Cl)c3)cc2)[nH]1. The summed E-state index contributed by atoms with van der Waals surface area (Å²) in [6.45, 7) is 0.298. The minimum atomic E-state index is -1.05. The number of nitrogens with one attached hydrogen (secondary N) is 2. The number of hydrogen-bond donors (Lipinski definition) is 3. The van der Waals surface area contributed by atoms with Crippen LogP contribution < -0.4 is 5.32 Å². The van der Waals surface area contributed by atoms with Gasteiger partial charge in [0.15, 0.2) is 0 Å². The lowest BCUT2D eigenvalue weighted by Gasteiger charge is -2.05. The molecule has 3 aromatic rings. The molecule has 0 aliphatic rings. The van der Waals surface area contributed by atoms with Gasteiger partial charge in [-0.3, -0.25) is 0 Å². The fourth-order valence-electron chi connectivity index (χ4n) is 2.44. The van der Waals surface area contributed by atoms with Gasteiger partial charge in [-0.15, -0.1) is 0 Å². The quantitative estimate of drug-likeness (QED) is 0.633. The van der Waals surface area contributed by atoms with Crippen molar-refractivity contribution in [3.63, 3.8) is 0 Å². The van der Waals surface area contributed by atoms with E-state index in [4.69, 9.17) is 16.7 Å². The van der Waals surface area contributed by atoms with E-state index in [2.05, 4.69) is 15.3 Å². The van der Waals surface area contributed by atoms with E-state index in [1.165, 1.54) is 6.07 Å². The first-order chi connectivity index (χ1) is 12.0. The van der Waals surface area contributed by atoms with Crippen molar-refractivity contribution < 1.29 is 14.3 Å². The number of halogens is 2. The van der Waals surface area contributed by atoms with E-state index in [1.54, 1.807) is 18.3 Å². The first-order valence-corrected chi connectivity index (χ1v) is 7.97. The van der Waals surface area contributed by atoms with Crippen molar-refractivity contribution in [2.45, 2.75) is 6.42 Å². The van der Waals surface area contributed by atoms with Crippen LogP contribution in [0.3, 0.4) is 0 Å². The second-order valence-electron chi connectivity index (χ2n) is 5.43. The number of carbonyl (C=O) groups is 1. The van der Waals surface area contributed by atoms with E-state index in [1.807, 2.05) is 24.3 Å². The molecule has 0 saturated heterocycles. The Morgan fingerprint density at radius 2 is 1.84 bits per heavy atom. The highest BCUT2D eigenvalue weighted by Gasteiger charge is 2.06. The highest BCUT2D eigenvalue weighted by molar-refractivity contribution is 6.31. The number of carboxylic acid groups (broad SMARTS) is 1. The molecule has 0 saturated carbocycles. The number of hydrogen-bond acceptors (Lipinski definition) is 2. The zero-order chi connectivity index (χ0) is 17.8. The van der Waals surface area contributed by atoms with E-state index in [0.717, 1.165) is 22.4 Å². The number of nitrogens with zero attached hydrogens (tertiary/aromatic N) is 1. The molecule has 0 fully saturated rings. The molecular weight excluding hydrogens is 345 g/mol.